The molecule has 1 fully saturated rings. The number of hydrogen-bond donors (Lipinski definition) is 1. The monoisotopic (exact) mass is 326 g/mol. The van der Waals surface area contributed by atoms with Crippen molar-refractivity contribution in [3.05, 3.63) is 28.2 Å². The Kier molecular flexibility index (Phi) is 3.54. The second-order valence-electron chi connectivity index (χ2n) is 4.92. The molecule has 0 unspecified atom stereocenters. The topological polar surface area (TPSA) is 58.6 Å². The fourth-order valence-electron chi connectivity index (χ4n) is 1.95. The number of ether oxygens (including phenoxy) is 1. The molecule has 1 aromatic rings. The van der Waals surface area contributed by atoms with E-state index in [1.807, 2.05) is 12.1 Å². The van der Waals surface area contributed by atoms with Crippen LogP contribution in [0.4, 0.5) is 4.79 Å². The van der Waals surface area contributed by atoms with Gasteiger partial charge < -0.3 is 10.1 Å². The maximum Gasteiger partial charge on any atom is 0.325 e. The van der Waals surface area contributed by atoms with E-state index in [9.17, 15) is 9.59 Å². The fraction of sp³-hybridized carbons (Fsp3) is 0.385. The zero-order valence-corrected chi connectivity index (χ0v) is 12.6. The number of nitrogens with one attached hydrogen (secondary N) is 1. The molecule has 19 heavy (non-hydrogen) atoms. The summed E-state index contributed by atoms with van der Waals surface area (Å²) in [6.07, 6.45) is 0. The van der Waals surface area contributed by atoms with Crippen LogP contribution in [0.15, 0.2) is 22.7 Å². The molecule has 2 rings (SSSR count). The van der Waals surface area contributed by atoms with Gasteiger partial charge >= 0.3 is 6.03 Å². The van der Waals surface area contributed by atoms with Gasteiger partial charge in [0, 0.05) is 0 Å². The lowest BCUT2D eigenvalue weighted by molar-refractivity contribution is -0.130. The molecule has 5 nitrogen and oxygen atoms in total. The van der Waals surface area contributed by atoms with Crippen LogP contribution in [-0.4, -0.2) is 29.5 Å². The van der Waals surface area contributed by atoms with Crippen LogP contribution in [0.2, 0.25) is 0 Å². The van der Waals surface area contributed by atoms with E-state index >= 15 is 0 Å². The van der Waals surface area contributed by atoms with Crippen LogP contribution < -0.4 is 10.1 Å². The minimum absolute atomic E-state index is 0.218. The van der Waals surface area contributed by atoms with Crippen LogP contribution in [0.3, 0.4) is 0 Å². The van der Waals surface area contributed by atoms with Crippen molar-refractivity contribution in [3.63, 3.8) is 0 Å². The number of amides is 3. The normalized spacial score (nSPS) is 17.6. The Morgan fingerprint density at radius 1 is 1.37 bits per heavy atom. The number of carbonyl (C=O) groups is 2. The van der Waals surface area contributed by atoms with Crippen LogP contribution in [0.1, 0.15) is 19.4 Å². The number of carbonyl (C=O) groups excluding carboxylic acids is 2. The summed E-state index contributed by atoms with van der Waals surface area (Å²) in [7, 11) is 1.58. The van der Waals surface area contributed by atoms with Crippen LogP contribution in [0, 0.1) is 0 Å². The summed E-state index contributed by atoms with van der Waals surface area (Å²) in [5.74, 6) is 0.491. The average molecular weight is 327 g/mol. The standard InChI is InChI=1S/C13H15BrN2O3/c1-13(2)11(17)16(12(18)15-13)7-8-4-5-10(19-3)9(14)6-8/h4-6H,7H2,1-3H3,(H,15,18). The highest BCUT2D eigenvalue weighted by Gasteiger charge is 2.44. The third-order valence-corrected chi connectivity index (χ3v) is 3.62. The summed E-state index contributed by atoms with van der Waals surface area (Å²) >= 11 is 3.38. The summed E-state index contributed by atoms with van der Waals surface area (Å²) in [5.41, 5.74) is 0.0229. The SMILES string of the molecule is COc1ccc(CN2C(=O)NC(C)(C)C2=O)cc1Br. The molecule has 0 aromatic heterocycles. The molecular weight excluding hydrogens is 312 g/mol. The molecule has 6 heteroatoms. The number of hydrogen-bond acceptors (Lipinski definition) is 3. The first kappa shape index (κ1) is 13.9. The molecule has 3 amide bonds. The molecule has 1 aliphatic rings. The number of urea groups is 1. The summed E-state index contributed by atoms with van der Waals surface area (Å²) in [6, 6.07) is 5.10. The van der Waals surface area contributed by atoms with E-state index in [1.54, 1.807) is 27.0 Å². The van der Waals surface area contributed by atoms with Gasteiger partial charge in [-0.2, -0.15) is 0 Å². The number of halogens is 1. The van der Waals surface area contributed by atoms with Crippen molar-refractivity contribution in [2.24, 2.45) is 0 Å². The van der Waals surface area contributed by atoms with Gasteiger partial charge in [-0.05, 0) is 47.5 Å². The van der Waals surface area contributed by atoms with Crippen molar-refractivity contribution in [3.8, 4) is 5.75 Å². The molecule has 1 N–H and O–H groups in total. The Hall–Kier alpha value is -1.56. The van der Waals surface area contributed by atoms with Crippen molar-refractivity contribution < 1.29 is 14.3 Å². The van der Waals surface area contributed by atoms with Gasteiger partial charge in [-0.15, -0.1) is 0 Å². The number of imide groups is 1. The highest BCUT2D eigenvalue weighted by Crippen LogP contribution is 2.27. The highest BCUT2D eigenvalue weighted by atomic mass is 79.9. The zero-order chi connectivity index (χ0) is 14.2. The molecular formula is C13H15BrN2O3. The summed E-state index contributed by atoms with van der Waals surface area (Å²) < 4.78 is 5.93. The molecule has 0 aliphatic carbocycles. The molecule has 1 aliphatic heterocycles. The van der Waals surface area contributed by atoms with Crippen molar-refractivity contribution in [1.82, 2.24) is 10.2 Å². The van der Waals surface area contributed by atoms with Crippen LogP contribution in [0.25, 0.3) is 0 Å². The van der Waals surface area contributed by atoms with Gasteiger partial charge in [-0.1, -0.05) is 6.07 Å². The van der Waals surface area contributed by atoms with E-state index in [1.165, 1.54) is 4.90 Å². The maximum absolute atomic E-state index is 12.1. The lowest BCUT2D eigenvalue weighted by Gasteiger charge is -2.16. The minimum Gasteiger partial charge on any atom is -0.496 e. The molecule has 0 spiro atoms. The molecule has 1 aromatic carbocycles. The Morgan fingerprint density at radius 3 is 2.53 bits per heavy atom. The number of rotatable bonds is 3. The molecule has 0 bridgehead atoms. The second kappa shape index (κ2) is 4.85. The third kappa shape index (κ3) is 2.58. The van der Waals surface area contributed by atoms with E-state index in [0.29, 0.717) is 5.75 Å². The zero-order valence-electron chi connectivity index (χ0n) is 11.0. The Bertz CT molecular complexity index is 543. The third-order valence-electron chi connectivity index (χ3n) is 3.00. The van der Waals surface area contributed by atoms with Gasteiger partial charge in [0.25, 0.3) is 5.91 Å². The van der Waals surface area contributed by atoms with E-state index in [4.69, 9.17) is 4.74 Å². The lowest BCUT2D eigenvalue weighted by atomic mass is 10.1. The van der Waals surface area contributed by atoms with Gasteiger partial charge in [0.05, 0.1) is 18.1 Å². The number of nitrogens with zero attached hydrogens (tertiary/aromatic N) is 1. The largest absolute Gasteiger partial charge is 0.496 e. The molecule has 0 atom stereocenters. The molecule has 0 saturated carbocycles. The van der Waals surface area contributed by atoms with E-state index in [-0.39, 0.29) is 18.5 Å². The van der Waals surface area contributed by atoms with Crippen LogP contribution in [0.5, 0.6) is 5.75 Å². The van der Waals surface area contributed by atoms with E-state index in [2.05, 4.69) is 21.2 Å². The Balaban J connectivity index is 2.20. The Morgan fingerprint density at radius 2 is 2.05 bits per heavy atom. The molecule has 0 radical (unpaired) electrons. The highest BCUT2D eigenvalue weighted by molar-refractivity contribution is 9.10. The van der Waals surface area contributed by atoms with Gasteiger partial charge in [-0.3, -0.25) is 9.69 Å². The van der Waals surface area contributed by atoms with Crippen LogP contribution >= 0.6 is 15.9 Å². The van der Waals surface area contributed by atoms with Gasteiger partial charge in [-0.25, -0.2) is 4.79 Å². The quantitative estimate of drug-likeness (QED) is 0.867. The van der Waals surface area contributed by atoms with E-state index < -0.39 is 5.54 Å². The van der Waals surface area contributed by atoms with Crippen molar-refractivity contribution in [2.45, 2.75) is 25.9 Å². The Labute approximate surface area is 120 Å². The number of methoxy groups -OCH3 is 1. The lowest BCUT2D eigenvalue weighted by Crippen LogP contribution is -2.40. The summed E-state index contributed by atoms with van der Waals surface area (Å²) in [6.45, 7) is 3.63. The van der Waals surface area contributed by atoms with Crippen molar-refractivity contribution >= 4 is 27.9 Å². The predicted molar refractivity (Wildman–Crippen MR) is 73.9 cm³/mol. The first-order valence-electron chi connectivity index (χ1n) is 5.81. The predicted octanol–water partition coefficient (Wildman–Crippen LogP) is 2.29. The fourth-order valence-corrected chi connectivity index (χ4v) is 2.54. The molecule has 1 heterocycles. The number of benzene rings is 1. The first-order chi connectivity index (χ1) is 8.85. The summed E-state index contributed by atoms with van der Waals surface area (Å²) in [5, 5.41) is 2.65. The smallest absolute Gasteiger partial charge is 0.325 e. The molecule has 1 saturated heterocycles. The second-order valence-corrected chi connectivity index (χ2v) is 5.77. The molecule has 102 valence electrons. The van der Waals surface area contributed by atoms with Gasteiger partial charge in [0.1, 0.15) is 11.3 Å². The van der Waals surface area contributed by atoms with Crippen molar-refractivity contribution in [1.29, 1.82) is 0 Å². The maximum atomic E-state index is 12.1. The van der Waals surface area contributed by atoms with Gasteiger partial charge in [0.15, 0.2) is 0 Å². The first-order valence-corrected chi connectivity index (χ1v) is 6.61. The minimum atomic E-state index is -0.833. The summed E-state index contributed by atoms with van der Waals surface area (Å²) in [4.78, 5) is 25.0. The van der Waals surface area contributed by atoms with Crippen LogP contribution in [-0.2, 0) is 11.3 Å². The van der Waals surface area contributed by atoms with Crippen molar-refractivity contribution in [2.75, 3.05) is 7.11 Å². The van der Waals surface area contributed by atoms with Gasteiger partial charge in [0.2, 0.25) is 0 Å². The average Bonchev–Trinajstić information content (AvgIpc) is 2.52. The van der Waals surface area contributed by atoms with E-state index in [0.717, 1.165) is 10.0 Å².